The van der Waals surface area contributed by atoms with Crippen molar-refractivity contribution in [1.29, 1.82) is 0 Å². The molecule has 2 aromatic heterocycles. The van der Waals surface area contributed by atoms with E-state index >= 15 is 0 Å². The number of rotatable bonds is 5. The molecule has 0 aliphatic carbocycles. The number of nitrogens with one attached hydrogen (secondary N) is 1. The fraction of sp³-hybridized carbons (Fsp3) is 0.353. The Bertz CT molecular complexity index is 762. The summed E-state index contributed by atoms with van der Waals surface area (Å²) in [6.45, 7) is 1.27. The molecular formula is C17H21ClN2O8. The number of methoxy groups -OCH3 is 1. The molecule has 0 aromatic carbocycles. The van der Waals surface area contributed by atoms with Crippen molar-refractivity contribution in [2.45, 2.75) is 31.2 Å². The Morgan fingerprint density at radius 3 is 2.36 bits per heavy atom. The lowest BCUT2D eigenvalue weighted by molar-refractivity contribution is -0.165. The number of halogens is 1. The number of hydrogen-bond acceptors (Lipinski definition) is 9. The number of β-lactam (4-membered cyclic amide) rings is 1. The Balaban J connectivity index is 0.000000271. The lowest BCUT2D eigenvalue weighted by Gasteiger charge is -2.33. The molecular weight excluding hydrogens is 396 g/mol. The average molecular weight is 417 g/mol. The Morgan fingerprint density at radius 2 is 1.89 bits per heavy atom. The highest BCUT2D eigenvalue weighted by atomic mass is 35.5. The summed E-state index contributed by atoms with van der Waals surface area (Å²) in [6.07, 6.45) is 0.777. The number of amides is 1. The number of esters is 2. The predicted molar refractivity (Wildman–Crippen MR) is 96.1 cm³/mol. The second-order valence-corrected chi connectivity index (χ2v) is 5.54. The van der Waals surface area contributed by atoms with Crippen LogP contribution in [0.1, 0.15) is 30.5 Å². The largest absolute Gasteiger partial charge is 0.468 e. The maximum atomic E-state index is 11.0. The van der Waals surface area contributed by atoms with Crippen molar-refractivity contribution < 1.29 is 37.8 Å². The minimum absolute atomic E-state index is 0. The van der Waals surface area contributed by atoms with E-state index < -0.39 is 30.2 Å². The van der Waals surface area contributed by atoms with E-state index in [0.717, 1.165) is 0 Å². The third kappa shape index (κ3) is 5.59. The van der Waals surface area contributed by atoms with Crippen LogP contribution in [0.3, 0.4) is 0 Å². The molecule has 0 radical (unpaired) electrons. The number of carbonyl (C=O) groups is 3. The first-order valence-corrected chi connectivity index (χ1v) is 7.91. The van der Waals surface area contributed by atoms with Crippen LogP contribution >= 0.6 is 12.4 Å². The van der Waals surface area contributed by atoms with E-state index in [0.29, 0.717) is 11.5 Å². The van der Waals surface area contributed by atoms with E-state index in [1.807, 2.05) is 0 Å². The maximum Gasteiger partial charge on any atom is 0.336 e. The minimum atomic E-state index is -1.39. The van der Waals surface area contributed by atoms with E-state index in [2.05, 4.69) is 10.1 Å². The van der Waals surface area contributed by atoms with Gasteiger partial charge >= 0.3 is 11.9 Å². The summed E-state index contributed by atoms with van der Waals surface area (Å²) in [7, 11) is 1.18. The fourth-order valence-electron chi connectivity index (χ4n) is 2.26. The van der Waals surface area contributed by atoms with Gasteiger partial charge in [0, 0.05) is 6.92 Å². The van der Waals surface area contributed by atoms with Crippen molar-refractivity contribution in [2.24, 2.45) is 5.73 Å². The first kappa shape index (κ1) is 23.2. The second kappa shape index (κ2) is 10.5. The van der Waals surface area contributed by atoms with Crippen molar-refractivity contribution >= 4 is 30.3 Å². The van der Waals surface area contributed by atoms with Crippen molar-refractivity contribution in [3.63, 3.8) is 0 Å². The van der Waals surface area contributed by atoms with Gasteiger partial charge < -0.3 is 34.5 Å². The normalized spacial score (nSPS) is 19.5. The van der Waals surface area contributed by atoms with Gasteiger partial charge in [0.15, 0.2) is 6.10 Å². The molecule has 1 aliphatic rings. The second-order valence-electron chi connectivity index (χ2n) is 5.54. The maximum absolute atomic E-state index is 11.0. The molecule has 28 heavy (non-hydrogen) atoms. The van der Waals surface area contributed by atoms with Gasteiger partial charge in [0.05, 0.1) is 19.6 Å². The summed E-state index contributed by atoms with van der Waals surface area (Å²) in [5, 5.41) is 11.9. The van der Waals surface area contributed by atoms with Crippen LogP contribution < -0.4 is 11.1 Å². The molecule has 1 amide bonds. The van der Waals surface area contributed by atoms with Crippen LogP contribution in [0, 0.1) is 0 Å². The van der Waals surface area contributed by atoms with E-state index in [-0.39, 0.29) is 24.4 Å². The van der Waals surface area contributed by atoms with Gasteiger partial charge in [-0.15, -0.1) is 12.4 Å². The van der Waals surface area contributed by atoms with E-state index in [1.165, 1.54) is 26.6 Å². The van der Waals surface area contributed by atoms with Gasteiger partial charge in [-0.05, 0) is 24.3 Å². The molecule has 0 unspecified atom stereocenters. The number of aliphatic hydroxyl groups excluding tert-OH is 1. The molecule has 4 atom stereocenters. The van der Waals surface area contributed by atoms with Crippen molar-refractivity contribution in [1.82, 2.24) is 5.32 Å². The molecule has 0 saturated carbocycles. The summed E-state index contributed by atoms with van der Waals surface area (Å²) >= 11 is 0. The van der Waals surface area contributed by atoms with Crippen molar-refractivity contribution in [3.8, 4) is 0 Å². The van der Waals surface area contributed by atoms with Gasteiger partial charge in [-0.25, -0.2) is 4.79 Å². The first-order valence-electron chi connectivity index (χ1n) is 7.91. The third-order valence-corrected chi connectivity index (χ3v) is 3.66. The number of ether oxygens (including phenoxy) is 2. The number of hydrogen-bond donors (Lipinski definition) is 3. The number of nitrogens with two attached hydrogens (primary N) is 1. The van der Waals surface area contributed by atoms with Crippen molar-refractivity contribution in [3.05, 3.63) is 48.3 Å². The summed E-state index contributed by atoms with van der Waals surface area (Å²) in [6, 6.07) is 5.41. The molecule has 0 spiro atoms. The van der Waals surface area contributed by atoms with E-state index in [4.69, 9.17) is 19.3 Å². The smallest absolute Gasteiger partial charge is 0.336 e. The average Bonchev–Trinajstić information content (AvgIpc) is 3.36. The molecule has 3 heterocycles. The van der Waals surface area contributed by atoms with Gasteiger partial charge in [-0.2, -0.15) is 0 Å². The zero-order valence-corrected chi connectivity index (χ0v) is 15.9. The first-order chi connectivity index (χ1) is 12.8. The SMILES string of the molecule is CC(=O)O[C@H]1C(=O)N[C@H]1c1ccco1.COC(=O)[C@H](O)[C@@H](N)c1ccco1.Cl. The molecule has 11 heteroatoms. The summed E-state index contributed by atoms with van der Waals surface area (Å²) in [5.74, 6) is -0.597. The van der Waals surface area contributed by atoms with Gasteiger partial charge in [0.1, 0.15) is 23.6 Å². The molecule has 4 N–H and O–H groups in total. The Morgan fingerprint density at radius 1 is 1.25 bits per heavy atom. The highest BCUT2D eigenvalue weighted by molar-refractivity contribution is 5.90. The molecule has 3 rings (SSSR count). The molecule has 0 bridgehead atoms. The quantitative estimate of drug-likeness (QED) is 0.469. The van der Waals surface area contributed by atoms with Crippen molar-refractivity contribution in [2.75, 3.05) is 7.11 Å². The summed E-state index contributed by atoms with van der Waals surface area (Å²) < 4.78 is 19.2. The fourth-order valence-corrected chi connectivity index (χ4v) is 2.26. The molecule has 1 saturated heterocycles. The van der Waals surface area contributed by atoms with E-state index in [9.17, 15) is 19.5 Å². The van der Waals surface area contributed by atoms with Crippen LogP contribution in [0.25, 0.3) is 0 Å². The molecule has 1 aliphatic heterocycles. The van der Waals surface area contributed by atoms with E-state index in [1.54, 1.807) is 24.3 Å². The lowest BCUT2D eigenvalue weighted by Crippen LogP contribution is -2.57. The number of aliphatic hydroxyl groups is 1. The Hall–Kier alpha value is -2.82. The highest BCUT2D eigenvalue weighted by Gasteiger charge is 2.44. The Kier molecular flexibility index (Phi) is 8.71. The predicted octanol–water partition coefficient (Wildman–Crippen LogP) is 0.617. The van der Waals surface area contributed by atoms with Crippen LogP contribution in [0.4, 0.5) is 0 Å². The van der Waals surface area contributed by atoms with Crippen LogP contribution in [0.15, 0.2) is 45.6 Å². The number of furan rings is 2. The highest BCUT2D eigenvalue weighted by Crippen LogP contribution is 2.27. The van der Waals surface area contributed by atoms with Gasteiger partial charge in [0.2, 0.25) is 6.10 Å². The van der Waals surface area contributed by atoms with Gasteiger partial charge in [-0.3, -0.25) is 9.59 Å². The molecule has 10 nitrogen and oxygen atoms in total. The minimum Gasteiger partial charge on any atom is -0.468 e. The van der Waals surface area contributed by atoms with Crippen LogP contribution in [0.2, 0.25) is 0 Å². The van der Waals surface area contributed by atoms with Crippen LogP contribution in [-0.4, -0.2) is 42.3 Å². The third-order valence-electron chi connectivity index (χ3n) is 3.66. The standard InChI is InChI=1S/C9H9NO4.C8H11NO4.ClH/c1-5(11)14-8-7(10-9(8)12)6-3-2-4-13-6;1-12-8(11)7(10)6(9)5-3-2-4-13-5;/h2-4,7-8H,1H3,(H,10,12);2-4,6-7,10H,9H2,1H3;1H/t7-,8+;6-,7+;/m00./s1. The van der Waals surface area contributed by atoms with Crippen LogP contribution in [0.5, 0.6) is 0 Å². The number of carbonyl (C=O) groups excluding carboxylic acids is 3. The van der Waals surface area contributed by atoms with Gasteiger partial charge in [-0.1, -0.05) is 0 Å². The zero-order valence-electron chi connectivity index (χ0n) is 15.1. The monoisotopic (exact) mass is 416 g/mol. The van der Waals surface area contributed by atoms with Crippen LogP contribution in [-0.2, 0) is 23.9 Å². The molecule has 1 fully saturated rings. The topological polar surface area (TPSA) is 154 Å². The zero-order chi connectivity index (χ0) is 20.0. The molecule has 154 valence electrons. The summed E-state index contributed by atoms with van der Waals surface area (Å²) in [5.41, 5.74) is 5.51. The molecule has 2 aromatic rings. The van der Waals surface area contributed by atoms with Gasteiger partial charge in [0.25, 0.3) is 5.91 Å². The summed E-state index contributed by atoms with van der Waals surface area (Å²) in [4.78, 5) is 32.6. The lowest BCUT2D eigenvalue weighted by atomic mass is 10.00. The Labute approximate surface area is 166 Å².